The maximum Gasteiger partial charge on any atom is 0.191 e. The number of aromatic nitrogens is 1. The quantitative estimate of drug-likeness (QED) is 0.530. The first-order chi connectivity index (χ1) is 14.2. The molecule has 5 nitrogen and oxygen atoms in total. The van der Waals surface area contributed by atoms with Crippen LogP contribution < -0.4 is 15.5 Å². The van der Waals surface area contributed by atoms with Crippen molar-refractivity contribution in [1.29, 1.82) is 0 Å². The Morgan fingerprint density at radius 1 is 1.10 bits per heavy atom. The van der Waals surface area contributed by atoms with Crippen LogP contribution in [0.3, 0.4) is 0 Å². The van der Waals surface area contributed by atoms with Crippen molar-refractivity contribution in [3.63, 3.8) is 0 Å². The van der Waals surface area contributed by atoms with Crippen LogP contribution in [0.5, 0.6) is 0 Å². The minimum Gasteiger partial charge on any atom is -0.357 e. The standard InChI is InChI=1S/C22H30FN5S/c1-24-22(27-15-18-6-7-20(23)13-19(18)16-29-2)26-14-17-8-9-25-21(12-17)28-10-4-3-5-11-28/h6-9,12-13H,3-5,10-11,14-16H2,1-2H3,(H2,24,26,27). The second kappa shape index (κ2) is 11.0. The molecule has 0 spiro atoms. The van der Waals surface area contributed by atoms with E-state index in [0.29, 0.717) is 13.1 Å². The molecular formula is C22H30FN5S. The first-order valence-corrected chi connectivity index (χ1v) is 11.5. The number of halogens is 1. The van der Waals surface area contributed by atoms with Gasteiger partial charge in [0.2, 0.25) is 0 Å². The molecule has 2 heterocycles. The van der Waals surface area contributed by atoms with Crippen molar-refractivity contribution >= 4 is 23.5 Å². The number of aliphatic imine (C=N–C) groups is 1. The van der Waals surface area contributed by atoms with Crippen molar-refractivity contribution in [3.8, 4) is 0 Å². The summed E-state index contributed by atoms with van der Waals surface area (Å²) in [4.78, 5) is 11.2. The number of thioether (sulfide) groups is 1. The average molecular weight is 416 g/mol. The summed E-state index contributed by atoms with van der Waals surface area (Å²) in [5.41, 5.74) is 3.27. The number of pyridine rings is 1. The zero-order valence-electron chi connectivity index (χ0n) is 17.2. The van der Waals surface area contributed by atoms with E-state index in [1.807, 2.05) is 24.6 Å². The molecule has 1 aromatic heterocycles. The molecule has 1 fully saturated rings. The van der Waals surface area contributed by atoms with E-state index in [9.17, 15) is 4.39 Å². The molecule has 0 aliphatic carbocycles. The van der Waals surface area contributed by atoms with Crippen molar-refractivity contribution in [2.24, 2.45) is 4.99 Å². The molecule has 0 bridgehead atoms. The lowest BCUT2D eigenvalue weighted by Crippen LogP contribution is -2.36. The Balaban J connectivity index is 1.56. The summed E-state index contributed by atoms with van der Waals surface area (Å²) in [6.07, 6.45) is 7.69. The third-order valence-electron chi connectivity index (χ3n) is 5.09. The number of nitrogens with zero attached hydrogens (tertiary/aromatic N) is 3. The normalized spacial score (nSPS) is 14.7. The van der Waals surface area contributed by atoms with Crippen LogP contribution in [0.4, 0.5) is 10.2 Å². The molecule has 0 atom stereocenters. The lowest BCUT2D eigenvalue weighted by atomic mass is 10.1. The molecule has 29 heavy (non-hydrogen) atoms. The van der Waals surface area contributed by atoms with Gasteiger partial charge in [-0.1, -0.05) is 6.07 Å². The van der Waals surface area contributed by atoms with Crippen LogP contribution in [-0.2, 0) is 18.8 Å². The maximum absolute atomic E-state index is 13.5. The summed E-state index contributed by atoms with van der Waals surface area (Å²) in [5.74, 6) is 2.38. The predicted octanol–water partition coefficient (Wildman–Crippen LogP) is 3.94. The van der Waals surface area contributed by atoms with Crippen molar-refractivity contribution in [2.45, 2.75) is 38.1 Å². The van der Waals surface area contributed by atoms with E-state index in [1.54, 1.807) is 24.9 Å². The van der Waals surface area contributed by atoms with E-state index in [0.717, 1.165) is 41.7 Å². The molecule has 2 N–H and O–H groups in total. The van der Waals surface area contributed by atoms with Crippen LogP contribution in [-0.4, -0.2) is 37.3 Å². The van der Waals surface area contributed by atoms with Gasteiger partial charge in [-0.2, -0.15) is 11.8 Å². The molecule has 1 saturated heterocycles. The molecule has 3 rings (SSSR count). The van der Waals surface area contributed by atoms with Gasteiger partial charge >= 0.3 is 0 Å². The highest BCUT2D eigenvalue weighted by atomic mass is 32.2. The molecule has 0 amide bonds. The molecule has 0 unspecified atom stereocenters. The Labute approximate surface area is 177 Å². The fourth-order valence-electron chi connectivity index (χ4n) is 3.51. The summed E-state index contributed by atoms with van der Waals surface area (Å²) < 4.78 is 13.5. The van der Waals surface area contributed by atoms with Gasteiger partial charge in [0.1, 0.15) is 11.6 Å². The second-order valence-corrected chi connectivity index (χ2v) is 8.06. The summed E-state index contributed by atoms with van der Waals surface area (Å²) in [5, 5.41) is 6.70. The van der Waals surface area contributed by atoms with Gasteiger partial charge in [0.25, 0.3) is 0 Å². The Morgan fingerprint density at radius 3 is 2.66 bits per heavy atom. The van der Waals surface area contributed by atoms with Gasteiger partial charge in [-0.25, -0.2) is 9.37 Å². The molecular weight excluding hydrogens is 385 g/mol. The summed E-state index contributed by atoms with van der Waals surface area (Å²) in [7, 11) is 1.76. The van der Waals surface area contributed by atoms with Crippen molar-refractivity contribution in [2.75, 3.05) is 31.3 Å². The topological polar surface area (TPSA) is 52.6 Å². The first-order valence-electron chi connectivity index (χ1n) is 10.1. The maximum atomic E-state index is 13.5. The lowest BCUT2D eigenvalue weighted by Gasteiger charge is -2.28. The number of anilines is 1. The highest BCUT2D eigenvalue weighted by molar-refractivity contribution is 7.97. The lowest BCUT2D eigenvalue weighted by molar-refractivity contribution is 0.573. The molecule has 0 radical (unpaired) electrons. The third kappa shape index (κ3) is 6.35. The molecule has 7 heteroatoms. The van der Waals surface area contributed by atoms with E-state index < -0.39 is 0 Å². The number of rotatable bonds is 7. The number of nitrogens with one attached hydrogen (secondary N) is 2. The molecule has 0 saturated carbocycles. The van der Waals surface area contributed by atoms with E-state index in [2.05, 4.69) is 31.6 Å². The van der Waals surface area contributed by atoms with Gasteiger partial charge in [0.05, 0.1) is 0 Å². The predicted molar refractivity (Wildman–Crippen MR) is 121 cm³/mol. The summed E-state index contributed by atoms with van der Waals surface area (Å²) >= 11 is 1.69. The number of benzene rings is 1. The Bertz CT molecular complexity index is 821. The van der Waals surface area contributed by atoms with Crippen molar-refractivity contribution in [1.82, 2.24) is 15.6 Å². The van der Waals surface area contributed by atoms with Gasteiger partial charge in [0, 0.05) is 45.2 Å². The monoisotopic (exact) mass is 415 g/mol. The average Bonchev–Trinajstić information content (AvgIpc) is 2.76. The summed E-state index contributed by atoms with van der Waals surface area (Å²) in [6, 6.07) is 9.15. The van der Waals surface area contributed by atoms with Crippen LogP contribution in [0.1, 0.15) is 36.0 Å². The van der Waals surface area contributed by atoms with E-state index >= 15 is 0 Å². The number of hydrogen-bond donors (Lipinski definition) is 2. The van der Waals surface area contributed by atoms with Gasteiger partial charge in [0.15, 0.2) is 5.96 Å². The molecule has 1 aromatic carbocycles. The van der Waals surface area contributed by atoms with Crippen LogP contribution in [0.15, 0.2) is 41.5 Å². The largest absolute Gasteiger partial charge is 0.357 e. The number of hydrogen-bond acceptors (Lipinski definition) is 4. The van der Waals surface area contributed by atoms with Crippen LogP contribution in [0.2, 0.25) is 0 Å². The Kier molecular flexibility index (Phi) is 8.16. The van der Waals surface area contributed by atoms with Crippen LogP contribution in [0, 0.1) is 5.82 Å². The van der Waals surface area contributed by atoms with E-state index in [-0.39, 0.29) is 5.82 Å². The smallest absolute Gasteiger partial charge is 0.191 e. The van der Waals surface area contributed by atoms with Crippen LogP contribution >= 0.6 is 11.8 Å². The zero-order chi connectivity index (χ0) is 20.5. The van der Waals surface area contributed by atoms with E-state index in [1.165, 1.54) is 30.9 Å². The van der Waals surface area contributed by atoms with Crippen molar-refractivity contribution in [3.05, 3.63) is 59.0 Å². The van der Waals surface area contributed by atoms with Gasteiger partial charge in [-0.05, 0) is 66.5 Å². The van der Waals surface area contributed by atoms with E-state index in [4.69, 9.17) is 0 Å². The minimum atomic E-state index is -0.192. The zero-order valence-corrected chi connectivity index (χ0v) is 18.1. The highest BCUT2D eigenvalue weighted by Crippen LogP contribution is 2.19. The number of piperidine rings is 1. The van der Waals surface area contributed by atoms with Crippen LogP contribution in [0.25, 0.3) is 0 Å². The second-order valence-electron chi connectivity index (χ2n) is 7.20. The summed E-state index contributed by atoms with van der Waals surface area (Å²) in [6.45, 7) is 3.45. The minimum absolute atomic E-state index is 0.192. The molecule has 1 aliphatic rings. The molecule has 156 valence electrons. The Hall–Kier alpha value is -2.28. The SMILES string of the molecule is CN=C(NCc1ccnc(N2CCCCC2)c1)NCc1ccc(F)cc1CSC. The van der Waals surface area contributed by atoms with Crippen molar-refractivity contribution < 1.29 is 4.39 Å². The van der Waals surface area contributed by atoms with Gasteiger partial charge in [-0.15, -0.1) is 0 Å². The fraction of sp³-hybridized carbons (Fsp3) is 0.455. The first kappa shape index (κ1) is 21.4. The number of guanidine groups is 1. The third-order valence-corrected chi connectivity index (χ3v) is 5.69. The fourth-order valence-corrected chi connectivity index (χ4v) is 4.09. The molecule has 2 aromatic rings. The Morgan fingerprint density at radius 2 is 1.90 bits per heavy atom. The van der Waals surface area contributed by atoms with Gasteiger partial charge < -0.3 is 15.5 Å². The highest BCUT2D eigenvalue weighted by Gasteiger charge is 2.12. The van der Waals surface area contributed by atoms with Gasteiger partial charge in [-0.3, -0.25) is 4.99 Å². The molecule has 1 aliphatic heterocycles.